The Morgan fingerprint density at radius 2 is 1.26 bits per heavy atom. The van der Waals surface area contributed by atoms with Crippen LogP contribution >= 0.6 is 15.9 Å². The molecule has 0 saturated heterocycles. The molecule has 0 nitrogen and oxygen atoms in total. The first-order valence-electron chi connectivity index (χ1n) is 12.9. The van der Waals surface area contributed by atoms with Crippen LogP contribution in [0.25, 0.3) is 11.1 Å². The van der Waals surface area contributed by atoms with Gasteiger partial charge in [-0.1, -0.05) is 125 Å². The van der Waals surface area contributed by atoms with E-state index < -0.39 is 0 Å². The summed E-state index contributed by atoms with van der Waals surface area (Å²) < 4.78 is 1.23. The summed E-state index contributed by atoms with van der Waals surface area (Å²) in [6.07, 6.45) is 13.2. The van der Waals surface area contributed by atoms with Crippen LogP contribution in [0.2, 0.25) is 0 Å². The molecule has 3 rings (SSSR count). The molecule has 0 N–H and O–H groups in total. The van der Waals surface area contributed by atoms with Gasteiger partial charge in [0.05, 0.1) is 0 Å². The van der Waals surface area contributed by atoms with E-state index in [9.17, 15) is 0 Å². The van der Waals surface area contributed by atoms with E-state index in [-0.39, 0.29) is 5.41 Å². The van der Waals surface area contributed by atoms with Gasteiger partial charge in [0.2, 0.25) is 0 Å². The highest BCUT2D eigenvalue weighted by Gasteiger charge is 2.45. The van der Waals surface area contributed by atoms with Gasteiger partial charge in [0.15, 0.2) is 0 Å². The van der Waals surface area contributed by atoms with Crippen molar-refractivity contribution >= 4 is 15.9 Å². The molecule has 31 heavy (non-hydrogen) atoms. The van der Waals surface area contributed by atoms with Crippen LogP contribution in [0.1, 0.15) is 109 Å². The summed E-state index contributed by atoms with van der Waals surface area (Å²) in [5, 5.41) is 0. The Balaban J connectivity index is 2.16. The summed E-state index contributed by atoms with van der Waals surface area (Å²) in [7, 11) is 0. The molecule has 0 saturated carbocycles. The lowest BCUT2D eigenvalue weighted by molar-refractivity contribution is 0.266. The van der Waals surface area contributed by atoms with E-state index in [1.165, 1.54) is 85.4 Å². The molecule has 0 aromatic heterocycles. The first-order chi connectivity index (χ1) is 15.0. The second-order valence-electron chi connectivity index (χ2n) is 10.1. The van der Waals surface area contributed by atoms with Crippen molar-refractivity contribution in [3.63, 3.8) is 0 Å². The van der Waals surface area contributed by atoms with E-state index in [0.29, 0.717) is 0 Å². The van der Waals surface area contributed by atoms with E-state index >= 15 is 0 Å². The third-order valence-corrected chi connectivity index (χ3v) is 8.33. The molecule has 1 aliphatic rings. The average molecular weight is 484 g/mol. The van der Waals surface area contributed by atoms with E-state index in [2.05, 4.69) is 86.9 Å². The molecule has 0 fully saturated rings. The van der Waals surface area contributed by atoms with Gasteiger partial charge < -0.3 is 0 Å². The smallest absolute Gasteiger partial charge is 0.0221 e. The standard InChI is InChI=1S/C30H43Br/c1-6-10-12-23(8-3)20-30(21-24(9-4)13-11-7-2)28-18-22(5)14-16-26(28)27-17-15-25(31)19-29(27)30/h14-19,23-24H,6-13,20-21H2,1-5H3. The average Bonchev–Trinajstić information content (AvgIpc) is 3.02. The fourth-order valence-corrected chi connectivity index (χ4v) is 6.34. The van der Waals surface area contributed by atoms with Crippen LogP contribution in [0.5, 0.6) is 0 Å². The van der Waals surface area contributed by atoms with Crippen LogP contribution in [0.4, 0.5) is 0 Å². The summed E-state index contributed by atoms with van der Waals surface area (Å²) in [5.41, 5.74) is 7.73. The number of unbranched alkanes of at least 4 members (excludes halogenated alkanes) is 2. The van der Waals surface area contributed by atoms with Gasteiger partial charge in [-0.05, 0) is 66.0 Å². The third kappa shape index (κ3) is 5.29. The Labute approximate surface area is 200 Å². The van der Waals surface area contributed by atoms with Gasteiger partial charge in [0, 0.05) is 9.89 Å². The first kappa shape index (κ1) is 24.6. The number of hydrogen-bond acceptors (Lipinski definition) is 0. The molecule has 2 aromatic carbocycles. The Kier molecular flexibility index (Phi) is 8.85. The molecule has 0 aliphatic heterocycles. The van der Waals surface area contributed by atoms with Gasteiger partial charge in [0.1, 0.15) is 0 Å². The molecule has 2 aromatic rings. The quantitative estimate of drug-likeness (QED) is 0.282. The zero-order chi connectivity index (χ0) is 22.4. The summed E-state index contributed by atoms with van der Waals surface area (Å²) in [4.78, 5) is 0. The molecule has 0 heterocycles. The maximum Gasteiger partial charge on any atom is 0.0221 e. The minimum Gasteiger partial charge on any atom is -0.0654 e. The van der Waals surface area contributed by atoms with Crippen molar-refractivity contribution in [3.05, 3.63) is 57.6 Å². The zero-order valence-corrected chi connectivity index (χ0v) is 22.2. The van der Waals surface area contributed by atoms with E-state index in [4.69, 9.17) is 0 Å². The Bertz CT molecular complexity index is 778. The van der Waals surface area contributed by atoms with Gasteiger partial charge in [-0.15, -0.1) is 0 Å². The number of fused-ring (bicyclic) bond motifs is 3. The minimum absolute atomic E-state index is 0.156. The molecule has 0 radical (unpaired) electrons. The fourth-order valence-electron chi connectivity index (χ4n) is 5.98. The molecule has 1 aliphatic carbocycles. The lowest BCUT2D eigenvalue weighted by Crippen LogP contribution is -2.31. The second kappa shape index (κ2) is 11.2. The van der Waals surface area contributed by atoms with Gasteiger partial charge in [0.25, 0.3) is 0 Å². The number of benzene rings is 2. The van der Waals surface area contributed by atoms with Crippen molar-refractivity contribution in [2.45, 2.75) is 104 Å². The Hall–Kier alpha value is -1.08. The van der Waals surface area contributed by atoms with Crippen LogP contribution in [0.15, 0.2) is 40.9 Å². The molecule has 0 amide bonds. The zero-order valence-electron chi connectivity index (χ0n) is 20.6. The molecular weight excluding hydrogens is 440 g/mol. The van der Waals surface area contributed by atoms with Crippen LogP contribution in [-0.2, 0) is 5.41 Å². The van der Waals surface area contributed by atoms with Crippen molar-refractivity contribution in [3.8, 4) is 11.1 Å². The highest BCUT2D eigenvalue weighted by atomic mass is 79.9. The van der Waals surface area contributed by atoms with Crippen molar-refractivity contribution in [1.29, 1.82) is 0 Å². The molecule has 2 atom stereocenters. The lowest BCUT2D eigenvalue weighted by Gasteiger charge is -2.39. The van der Waals surface area contributed by atoms with Gasteiger partial charge >= 0.3 is 0 Å². The molecule has 2 unspecified atom stereocenters. The van der Waals surface area contributed by atoms with E-state index in [1.807, 2.05) is 0 Å². The third-order valence-electron chi connectivity index (χ3n) is 7.84. The number of rotatable bonds is 12. The summed E-state index contributed by atoms with van der Waals surface area (Å²) >= 11 is 3.83. The number of aryl methyl sites for hydroxylation is 1. The second-order valence-corrected chi connectivity index (χ2v) is 11.0. The van der Waals surface area contributed by atoms with E-state index in [1.54, 1.807) is 11.1 Å². The van der Waals surface area contributed by atoms with Crippen molar-refractivity contribution in [1.82, 2.24) is 0 Å². The summed E-state index contributed by atoms with van der Waals surface area (Å²) in [6.45, 7) is 11.8. The maximum absolute atomic E-state index is 3.83. The molecule has 0 bridgehead atoms. The van der Waals surface area contributed by atoms with Crippen LogP contribution < -0.4 is 0 Å². The number of hydrogen-bond donors (Lipinski definition) is 0. The summed E-state index contributed by atoms with van der Waals surface area (Å²) in [5.74, 6) is 1.59. The van der Waals surface area contributed by atoms with E-state index in [0.717, 1.165) is 11.8 Å². The predicted octanol–water partition coefficient (Wildman–Crippen LogP) is 10.2. The molecule has 1 heteroatoms. The lowest BCUT2D eigenvalue weighted by atomic mass is 9.65. The molecular formula is C30H43Br. The SMILES string of the molecule is CCCCC(CC)CC1(CC(CC)CCCC)c2cc(C)ccc2-c2ccc(Br)cc21. The summed E-state index contributed by atoms with van der Waals surface area (Å²) in [6, 6.07) is 14.3. The normalized spacial score (nSPS) is 19.2. The topological polar surface area (TPSA) is 0 Å². The van der Waals surface area contributed by atoms with Crippen molar-refractivity contribution in [2.75, 3.05) is 0 Å². The Morgan fingerprint density at radius 3 is 1.77 bits per heavy atom. The highest BCUT2D eigenvalue weighted by molar-refractivity contribution is 9.10. The maximum atomic E-state index is 3.83. The van der Waals surface area contributed by atoms with Crippen molar-refractivity contribution in [2.24, 2.45) is 11.8 Å². The van der Waals surface area contributed by atoms with Crippen LogP contribution in [-0.4, -0.2) is 0 Å². The predicted molar refractivity (Wildman–Crippen MR) is 141 cm³/mol. The fraction of sp³-hybridized carbons (Fsp3) is 0.600. The Morgan fingerprint density at radius 1 is 0.742 bits per heavy atom. The minimum atomic E-state index is 0.156. The first-order valence-corrected chi connectivity index (χ1v) is 13.7. The molecule has 170 valence electrons. The van der Waals surface area contributed by atoms with Crippen LogP contribution in [0, 0.1) is 18.8 Å². The van der Waals surface area contributed by atoms with Gasteiger partial charge in [-0.3, -0.25) is 0 Å². The highest BCUT2D eigenvalue weighted by Crippen LogP contribution is 2.56. The number of halogens is 1. The van der Waals surface area contributed by atoms with Gasteiger partial charge in [-0.2, -0.15) is 0 Å². The van der Waals surface area contributed by atoms with Crippen molar-refractivity contribution < 1.29 is 0 Å². The molecule has 0 spiro atoms. The van der Waals surface area contributed by atoms with Crippen LogP contribution in [0.3, 0.4) is 0 Å². The van der Waals surface area contributed by atoms with Gasteiger partial charge in [-0.25, -0.2) is 0 Å². The monoisotopic (exact) mass is 482 g/mol. The largest absolute Gasteiger partial charge is 0.0654 e.